The highest BCUT2D eigenvalue weighted by Gasteiger charge is 2.25. The number of nitrogens with one attached hydrogen (secondary N) is 1. The normalized spacial score (nSPS) is 15.2. The van der Waals surface area contributed by atoms with Crippen LogP contribution in [-0.2, 0) is 11.3 Å². The van der Waals surface area contributed by atoms with Crippen molar-refractivity contribution in [1.82, 2.24) is 20.0 Å². The molecule has 1 aromatic rings. The molecule has 0 spiro atoms. The Morgan fingerprint density at radius 2 is 2.47 bits per heavy atom. The number of aromatic nitrogens is 2. The molecule has 6 nitrogen and oxygen atoms in total. The van der Waals surface area contributed by atoms with E-state index in [0.29, 0.717) is 12.4 Å². The number of hydrogen-bond acceptors (Lipinski definition) is 4. The number of carbonyl (C=O) groups excluding carboxylic acids is 1. The summed E-state index contributed by atoms with van der Waals surface area (Å²) in [6.45, 7) is 1.81. The third kappa shape index (κ3) is 3.74. The Labute approximate surface area is 101 Å². The van der Waals surface area contributed by atoms with Crippen LogP contribution in [-0.4, -0.2) is 46.8 Å². The minimum Gasteiger partial charge on any atom is -0.382 e. The Morgan fingerprint density at radius 1 is 1.71 bits per heavy atom. The molecule has 0 unspecified atom stereocenters. The van der Waals surface area contributed by atoms with Gasteiger partial charge in [-0.05, 0) is 26.0 Å². The molecule has 0 aromatic carbocycles. The van der Waals surface area contributed by atoms with Crippen LogP contribution in [0.2, 0.25) is 0 Å². The number of carbonyl (C=O) groups is 1. The van der Waals surface area contributed by atoms with Crippen molar-refractivity contribution in [1.29, 1.82) is 0 Å². The molecule has 0 saturated heterocycles. The van der Waals surface area contributed by atoms with E-state index in [1.807, 2.05) is 0 Å². The summed E-state index contributed by atoms with van der Waals surface area (Å²) in [4.78, 5) is 13.8. The van der Waals surface area contributed by atoms with E-state index in [9.17, 15) is 4.79 Å². The highest BCUT2D eigenvalue weighted by molar-refractivity contribution is 5.75. The lowest BCUT2D eigenvalue weighted by molar-refractivity contribution is -0.121. The van der Waals surface area contributed by atoms with Crippen molar-refractivity contribution in [3.63, 3.8) is 0 Å². The molecule has 0 radical (unpaired) electrons. The van der Waals surface area contributed by atoms with Crippen molar-refractivity contribution in [2.75, 3.05) is 25.9 Å². The summed E-state index contributed by atoms with van der Waals surface area (Å²) >= 11 is 0. The fourth-order valence-corrected chi connectivity index (χ4v) is 1.74. The van der Waals surface area contributed by atoms with Crippen LogP contribution in [0, 0.1) is 0 Å². The van der Waals surface area contributed by atoms with Gasteiger partial charge in [-0.25, -0.2) is 0 Å². The summed E-state index contributed by atoms with van der Waals surface area (Å²) in [7, 11) is 2.10. The summed E-state index contributed by atoms with van der Waals surface area (Å²) < 4.78 is 1.54. The molecule has 1 saturated carbocycles. The van der Waals surface area contributed by atoms with Gasteiger partial charge in [0.15, 0.2) is 0 Å². The highest BCUT2D eigenvalue weighted by atomic mass is 16.2. The van der Waals surface area contributed by atoms with Gasteiger partial charge in [-0.2, -0.15) is 5.10 Å². The Bertz CT molecular complexity index is 385. The maximum Gasteiger partial charge on any atom is 0.241 e. The smallest absolute Gasteiger partial charge is 0.241 e. The predicted octanol–water partition coefficient (Wildman–Crippen LogP) is -0.324. The first-order valence-electron chi connectivity index (χ1n) is 5.91. The Balaban J connectivity index is 1.63. The van der Waals surface area contributed by atoms with Crippen molar-refractivity contribution in [3.8, 4) is 0 Å². The molecule has 1 fully saturated rings. The van der Waals surface area contributed by atoms with Gasteiger partial charge < -0.3 is 16.0 Å². The van der Waals surface area contributed by atoms with E-state index < -0.39 is 0 Å². The van der Waals surface area contributed by atoms with Crippen LogP contribution >= 0.6 is 0 Å². The van der Waals surface area contributed by atoms with E-state index in [4.69, 9.17) is 5.73 Å². The zero-order chi connectivity index (χ0) is 12.3. The number of nitrogen functional groups attached to an aromatic ring is 1. The van der Waals surface area contributed by atoms with E-state index in [-0.39, 0.29) is 12.5 Å². The molecule has 94 valence electrons. The van der Waals surface area contributed by atoms with Crippen molar-refractivity contribution < 1.29 is 4.79 Å². The molecule has 6 heteroatoms. The van der Waals surface area contributed by atoms with Crippen LogP contribution in [0.1, 0.15) is 12.8 Å². The zero-order valence-corrected chi connectivity index (χ0v) is 10.1. The Kier molecular flexibility index (Phi) is 3.63. The number of nitrogens with zero attached hydrogens (tertiary/aromatic N) is 3. The number of rotatable bonds is 6. The maximum atomic E-state index is 11.6. The van der Waals surface area contributed by atoms with Gasteiger partial charge in [0, 0.05) is 25.3 Å². The second-order valence-electron chi connectivity index (χ2n) is 4.50. The fraction of sp³-hybridized carbons (Fsp3) is 0.636. The average Bonchev–Trinajstić information content (AvgIpc) is 3.04. The van der Waals surface area contributed by atoms with Gasteiger partial charge in [0.1, 0.15) is 12.4 Å². The van der Waals surface area contributed by atoms with Gasteiger partial charge in [-0.3, -0.25) is 9.48 Å². The van der Waals surface area contributed by atoms with Gasteiger partial charge in [-0.15, -0.1) is 0 Å². The van der Waals surface area contributed by atoms with Crippen molar-refractivity contribution in [3.05, 3.63) is 12.3 Å². The molecular formula is C11H19N5O. The summed E-state index contributed by atoms with van der Waals surface area (Å²) in [5, 5.41) is 6.83. The average molecular weight is 237 g/mol. The second-order valence-corrected chi connectivity index (χ2v) is 4.50. The van der Waals surface area contributed by atoms with Crippen LogP contribution < -0.4 is 11.1 Å². The minimum atomic E-state index is -0.0303. The van der Waals surface area contributed by atoms with Crippen LogP contribution in [0.5, 0.6) is 0 Å². The van der Waals surface area contributed by atoms with Crippen molar-refractivity contribution >= 4 is 11.7 Å². The third-order valence-electron chi connectivity index (χ3n) is 2.92. The predicted molar refractivity (Wildman–Crippen MR) is 65.3 cm³/mol. The molecule has 1 amide bonds. The molecule has 17 heavy (non-hydrogen) atoms. The van der Waals surface area contributed by atoms with E-state index in [2.05, 4.69) is 22.4 Å². The summed E-state index contributed by atoms with van der Waals surface area (Å²) in [6, 6.07) is 2.41. The maximum absolute atomic E-state index is 11.6. The van der Waals surface area contributed by atoms with Crippen LogP contribution in [0.4, 0.5) is 5.82 Å². The zero-order valence-electron chi connectivity index (χ0n) is 10.1. The number of hydrogen-bond donors (Lipinski definition) is 2. The molecule has 0 atom stereocenters. The van der Waals surface area contributed by atoms with Gasteiger partial charge >= 0.3 is 0 Å². The molecule has 2 rings (SSSR count). The summed E-state index contributed by atoms with van der Waals surface area (Å²) in [5.74, 6) is 0.406. The molecule has 1 aliphatic carbocycles. The molecule has 0 aliphatic heterocycles. The van der Waals surface area contributed by atoms with Gasteiger partial charge in [0.05, 0.1) is 0 Å². The van der Waals surface area contributed by atoms with Crippen molar-refractivity contribution in [2.45, 2.75) is 25.4 Å². The van der Waals surface area contributed by atoms with Crippen molar-refractivity contribution in [2.24, 2.45) is 0 Å². The standard InChI is InChI=1S/C11H19N5O/c1-15(9-2-3-9)7-5-13-11(17)8-16-6-4-10(12)14-16/h4,6,9H,2-3,5,7-8H2,1H3,(H2,12,14)(H,13,17). The highest BCUT2D eigenvalue weighted by Crippen LogP contribution is 2.24. The van der Waals surface area contributed by atoms with E-state index in [0.717, 1.165) is 12.6 Å². The number of amides is 1. The number of likely N-dealkylation sites (N-methyl/N-ethyl adjacent to an activating group) is 1. The molecule has 0 bridgehead atoms. The van der Waals surface area contributed by atoms with E-state index in [1.54, 1.807) is 12.3 Å². The number of nitrogens with two attached hydrogens (primary N) is 1. The van der Waals surface area contributed by atoms with Crippen LogP contribution in [0.15, 0.2) is 12.3 Å². The quantitative estimate of drug-likeness (QED) is 0.710. The first-order chi connectivity index (χ1) is 8.15. The fourth-order valence-electron chi connectivity index (χ4n) is 1.74. The second kappa shape index (κ2) is 5.18. The van der Waals surface area contributed by atoms with Crippen LogP contribution in [0.3, 0.4) is 0 Å². The largest absolute Gasteiger partial charge is 0.382 e. The lowest BCUT2D eigenvalue weighted by atomic mass is 10.5. The monoisotopic (exact) mass is 237 g/mol. The third-order valence-corrected chi connectivity index (χ3v) is 2.92. The van der Waals surface area contributed by atoms with Gasteiger partial charge in [-0.1, -0.05) is 0 Å². The molecule has 1 aliphatic rings. The lowest BCUT2D eigenvalue weighted by Crippen LogP contribution is -2.35. The van der Waals surface area contributed by atoms with Gasteiger partial charge in [0.2, 0.25) is 5.91 Å². The summed E-state index contributed by atoms with van der Waals surface area (Å²) in [5.41, 5.74) is 5.46. The number of anilines is 1. The topological polar surface area (TPSA) is 76.2 Å². The summed E-state index contributed by atoms with van der Waals surface area (Å²) in [6.07, 6.45) is 4.28. The first kappa shape index (κ1) is 11.9. The molecule has 1 heterocycles. The molecular weight excluding hydrogens is 218 g/mol. The molecule has 1 aromatic heterocycles. The molecule has 3 N–H and O–H groups in total. The van der Waals surface area contributed by atoms with Gasteiger partial charge in [0.25, 0.3) is 0 Å². The first-order valence-corrected chi connectivity index (χ1v) is 5.91. The van der Waals surface area contributed by atoms with E-state index in [1.165, 1.54) is 17.5 Å². The lowest BCUT2D eigenvalue weighted by Gasteiger charge is -2.15. The minimum absolute atomic E-state index is 0.0303. The Morgan fingerprint density at radius 3 is 3.06 bits per heavy atom. The van der Waals surface area contributed by atoms with E-state index >= 15 is 0 Å². The Hall–Kier alpha value is -1.56. The SMILES string of the molecule is CN(CCNC(=O)Cn1ccc(N)n1)C1CC1. The van der Waals surface area contributed by atoms with Crippen LogP contribution in [0.25, 0.3) is 0 Å².